The van der Waals surface area contributed by atoms with Gasteiger partial charge in [0.05, 0.1) is 35.3 Å². The molecule has 6 aromatic rings. The van der Waals surface area contributed by atoms with Crippen LogP contribution in [0, 0.1) is 0 Å². The van der Waals surface area contributed by atoms with Crippen LogP contribution in [-0.4, -0.2) is 36.8 Å². The van der Waals surface area contributed by atoms with E-state index in [0.29, 0.717) is 33.6 Å². The standard InChI is InChI=1S/C26H19N7O2/c1-35-20-9-7-18(8-10-20)30-26-28-14-21-23-22(15-29-32-23)25(34)33(24(21)31-26)19-6-2-4-16(12-19)17-5-3-11-27-13-17/h2-15H,1H3,(H,29,32)(H,28,30,31). The second-order valence-electron chi connectivity index (χ2n) is 7.88. The number of hydrogen-bond acceptors (Lipinski definition) is 7. The Morgan fingerprint density at radius 2 is 1.80 bits per heavy atom. The summed E-state index contributed by atoms with van der Waals surface area (Å²) in [7, 11) is 1.62. The van der Waals surface area contributed by atoms with E-state index < -0.39 is 0 Å². The van der Waals surface area contributed by atoms with E-state index in [2.05, 4.69) is 25.5 Å². The van der Waals surface area contributed by atoms with Crippen LogP contribution in [0.25, 0.3) is 38.8 Å². The van der Waals surface area contributed by atoms with Gasteiger partial charge in [0.1, 0.15) is 5.75 Å². The van der Waals surface area contributed by atoms with E-state index >= 15 is 0 Å². The van der Waals surface area contributed by atoms with Crippen LogP contribution >= 0.6 is 0 Å². The van der Waals surface area contributed by atoms with Crippen molar-refractivity contribution in [2.75, 3.05) is 12.4 Å². The quantitative estimate of drug-likeness (QED) is 0.390. The van der Waals surface area contributed by atoms with Crippen LogP contribution in [0.1, 0.15) is 0 Å². The Kier molecular flexibility index (Phi) is 4.92. The van der Waals surface area contributed by atoms with Gasteiger partial charge in [-0.25, -0.2) is 4.98 Å². The van der Waals surface area contributed by atoms with E-state index in [1.807, 2.05) is 60.7 Å². The number of nitrogens with zero attached hydrogens (tertiary/aromatic N) is 5. The topological polar surface area (TPSA) is 111 Å². The summed E-state index contributed by atoms with van der Waals surface area (Å²) in [6.45, 7) is 0. The van der Waals surface area contributed by atoms with Gasteiger partial charge in [-0.1, -0.05) is 18.2 Å². The van der Waals surface area contributed by atoms with Crippen molar-refractivity contribution in [3.63, 3.8) is 0 Å². The minimum Gasteiger partial charge on any atom is -0.497 e. The number of hydrogen-bond donors (Lipinski definition) is 2. The lowest BCUT2D eigenvalue weighted by atomic mass is 10.1. The number of benzene rings is 2. The second-order valence-corrected chi connectivity index (χ2v) is 7.88. The number of methoxy groups -OCH3 is 1. The highest BCUT2D eigenvalue weighted by Crippen LogP contribution is 2.26. The van der Waals surface area contributed by atoms with Gasteiger partial charge >= 0.3 is 0 Å². The molecule has 4 heterocycles. The van der Waals surface area contributed by atoms with Gasteiger partial charge in [-0.3, -0.25) is 19.4 Å². The lowest BCUT2D eigenvalue weighted by Crippen LogP contribution is -2.20. The van der Waals surface area contributed by atoms with Crippen LogP contribution in [0.15, 0.2) is 90.2 Å². The highest BCUT2D eigenvalue weighted by molar-refractivity contribution is 6.02. The molecule has 2 aromatic carbocycles. The van der Waals surface area contributed by atoms with Gasteiger partial charge in [-0.2, -0.15) is 10.1 Å². The molecular weight excluding hydrogens is 442 g/mol. The molecular formula is C26H19N7O2. The second kappa shape index (κ2) is 8.38. The molecule has 4 aromatic heterocycles. The van der Waals surface area contributed by atoms with Crippen molar-refractivity contribution in [2.45, 2.75) is 0 Å². The molecule has 9 nitrogen and oxygen atoms in total. The fourth-order valence-corrected chi connectivity index (χ4v) is 4.05. The van der Waals surface area contributed by atoms with E-state index in [4.69, 9.17) is 9.72 Å². The Bertz CT molecular complexity index is 1730. The van der Waals surface area contributed by atoms with Crippen LogP contribution in [0.2, 0.25) is 0 Å². The smallest absolute Gasteiger partial charge is 0.267 e. The van der Waals surface area contributed by atoms with Gasteiger partial charge in [0.2, 0.25) is 5.95 Å². The van der Waals surface area contributed by atoms with Gasteiger partial charge in [-0.05, 0) is 48.0 Å². The van der Waals surface area contributed by atoms with Gasteiger partial charge in [-0.15, -0.1) is 0 Å². The molecule has 0 saturated heterocycles. The number of rotatable bonds is 5. The zero-order chi connectivity index (χ0) is 23.8. The minimum absolute atomic E-state index is 0.223. The number of aromatic nitrogens is 6. The molecule has 0 radical (unpaired) electrons. The van der Waals surface area contributed by atoms with Gasteiger partial charge in [0.15, 0.2) is 5.65 Å². The summed E-state index contributed by atoms with van der Waals surface area (Å²) in [4.78, 5) is 27.0. The van der Waals surface area contributed by atoms with E-state index in [1.165, 1.54) is 6.20 Å². The van der Waals surface area contributed by atoms with E-state index in [-0.39, 0.29) is 5.56 Å². The number of fused-ring (bicyclic) bond motifs is 3. The first kappa shape index (κ1) is 20.5. The Morgan fingerprint density at radius 1 is 0.943 bits per heavy atom. The van der Waals surface area contributed by atoms with E-state index in [1.54, 1.807) is 30.3 Å². The molecule has 0 bridgehead atoms. The van der Waals surface area contributed by atoms with Crippen molar-refractivity contribution in [3.8, 4) is 22.6 Å². The van der Waals surface area contributed by atoms with Crippen LogP contribution in [-0.2, 0) is 0 Å². The third-order valence-electron chi connectivity index (χ3n) is 5.77. The highest BCUT2D eigenvalue weighted by atomic mass is 16.5. The van der Waals surface area contributed by atoms with Crippen molar-refractivity contribution in [3.05, 3.63) is 95.8 Å². The fourth-order valence-electron chi connectivity index (χ4n) is 4.05. The third-order valence-corrected chi connectivity index (χ3v) is 5.77. The summed E-state index contributed by atoms with van der Waals surface area (Å²) in [5.41, 5.74) is 4.19. The Labute approximate surface area is 199 Å². The first-order chi connectivity index (χ1) is 17.2. The largest absolute Gasteiger partial charge is 0.497 e. The molecule has 9 heteroatoms. The molecule has 2 N–H and O–H groups in total. The van der Waals surface area contributed by atoms with E-state index in [0.717, 1.165) is 22.6 Å². The molecule has 0 saturated carbocycles. The summed E-state index contributed by atoms with van der Waals surface area (Å²) in [6, 6.07) is 19.0. The number of ether oxygens (including phenoxy) is 1. The molecule has 6 rings (SSSR count). The zero-order valence-corrected chi connectivity index (χ0v) is 18.6. The molecule has 0 fully saturated rings. The first-order valence-corrected chi connectivity index (χ1v) is 10.9. The lowest BCUT2D eigenvalue weighted by molar-refractivity contribution is 0.415. The summed E-state index contributed by atoms with van der Waals surface area (Å²) in [5.74, 6) is 1.11. The van der Waals surface area contributed by atoms with Crippen molar-refractivity contribution in [1.82, 2.24) is 29.7 Å². The minimum atomic E-state index is -0.223. The zero-order valence-electron chi connectivity index (χ0n) is 18.6. The lowest BCUT2D eigenvalue weighted by Gasteiger charge is -2.13. The average Bonchev–Trinajstić information content (AvgIpc) is 3.41. The van der Waals surface area contributed by atoms with Crippen LogP contribution < -0.4 is 15.6 Å². The molecule has 0 atom stereocenters. The van der Waals surface area contributed by atoms with Crippen LogP contribution in [0.3, 0.4) is 0 Å². The first-order valence-electron chi connectivity index (χ1n) is 10.9. The average molecular weight is 461 g/mol. The normalized spacial score (nSPS) is 11.1. The van der Waals surface area contributed by atoms with Crippen molar-refractivity contribution in [2.24, 2.45) is 0 Å². The maximum Gasteiger partial charge on any atom is 0.267 e. The number of aromatic amines is 1. The molecule has 35 heavy (non-hydrogen) atoms. The Hall–Kier alpha value is -5.05. The molecule has 0 spiro atoms. The summed E-state index contributed by atoms with van der Waals surface area (Å²) < 4.78 is 6.81. The number of anilines is 2. The molecule has 0 aliphatic carbocycles. The van der Waals surface area contributed by atoms with Gasteiger partial charge < -0.3 is 10.1 Å². The van der Waals surface area contributed by atoms with Crippen LogP contribution in [0.5, 0.6) is 5.75 Å². The molecule has 0 aliphatic rings. The third kappa shape index (κ3) is 3.65. The predicted octanol–water partition coefficient (Wildman–Crippen LogP) is 4.47. The van der Waals surface area contributed by atoms with Gasteiger partial charge in [0, 0.05) is 29.8 Å². The monoisotopic (exact) mass is 461 g/mol. The fraction of sp³-hybridized carbons (Fsp3) is 0.0385. The Morgan fingerprint density at radius 3 is 2.60 bits per heavy atom. The SMILES string of the molecule is COc1ccc(Nc2ncc3c4[nH]ncc4c(=O)n(-c4cccc(-c5cccnc5)c4)c3n2)cc1. The molecule has 0 unspecified atom stereocenters. The molecule has 0 amide bonds. The Balaban J connectivity index is 1.54. The number of pyridine rings is 2. The highest BCUT2D eigenvalue weighted by Gasteiger charge is 2.17. The van der Waals surface area contributed by atoms with Gasteiger partial charge in [0.25, 0.3) is 5.56 Å². The molecule has 170 valence electrons. The summed E-state index contributed by atoms with van der Waals surface area (Å²) in [6.07, 6.45) is 6.74. The van der Waals surface area contributed by atoms with E-state index in [9.17, 15) is 4.79 Å². The van der Waals surface area contributed by atoms with Crippen molar-refractivity contribution < 1.29 is 4.74 Å². The number of nitrogens with one attached hydrogen (secondary N) is 2. The maximum absolute atomic E-state index is 13.6. The summed E-state index contributed by atoms with van der Waals surface area (Å²) >= 11 is 0. The summed E-state index contributed by atoms with van der Waals surface area (Å²) in [5, 5.41) is 11.3. The van der Waals surface area contributed by atoms with Crippen molar-refractivity contribution >= 4 is 33.6 Å². The van der Waals surface area contributed by atoms with Crippen LogP contribution in [0.4, 0.5) is 11.6 Å². The number of H-pyrrole nitrogens is 1. The molecule has 0 aliphatic heterocycles. The maximum atomic E-state index is 13.6. The predicted molar refractivity (Wildman–Crippen MR) is 134 cm³/mol. The van der Waals surface area contributed by atoms with Crippen molar-refractivity contribution in [1.29, 1.82) is 0 Å².